The molecule has 9 heteroatoms. The van der Waals surface area contributed by atoms with Crippen molar-refractivity contribution in [3.8, 4) is 0 Å². The molecule has 0 saturated heterocycles. The summed E-state index contributed by atoms with van der Waals surface area (Å²) in [6.45, 7) is 3.12. The summed E-state index contributed by atoms with van der Waals surface area (Å²) >= 11 is 5.83. The fraction of sp³-hybridized carbons (Fsp3) is 0.353. The van der Waals surface area contributed by atoms with E-state index in [0.29, 0.717) is 6.42 Å². The third-order valence-electron chi connectivity index (χ3n) is 3.66. The van der Waals surface area contributed by atoms with Gasteiger partial charge in [0.15, 0.2) is 0 Å². The van der Waals surface area contributed by atoms with Crippen molar-refractivity contribution in [1.82, 2.24) is 10.6 Å². The molecule has 0 fully saturated rings. The van der Waals surface area contributed by atoms with E-state index >= 15 is 0 Å². The topological polar surface area (TPSA) is 93.7 Å². The quantitative estimate of drug-likeness (QED) is 0.735. The summed E-state index contributed by atoms with van der Waals surface area (Å²) in [5, 5.41) is 4.92. The van der Waals surface area contributed by atoms with Crippen LogP contribution in [0.15, 0.2) is 29.5 Å². The van der Waals surface area contributed by atoms with E-state index in [-0.39, 0.29) is 22.9 Å². The fourth-order valence-electron chi connectivity index (χ4n) is 2.48. The van der Waals surface area contributed by atoms with Crippen LogP contribution >= 0.6 is 11.6 Å². The Kier molecular flexibility index (Phi) is 6.57. The van der Waals surface area contributed by atoms with Crippen LogP contribution in [-0.4, -0.2) is 37.2 Å². The van der Waals surface area contributed by atoms with Gasteiger partial charge in [0.25, 0.3) is 0 Å². The Labute approximate surface area is 154 Å². The average molecular weight is 385 g/mol. The second kappa shape index (κ2) is 8.66. The van der Waals surface area contributed by atoms with Crippen molar-refractivity contribution in [3.63, 3.8) is 0 Å². The van der Waals surface area contributed by atoms with E-state index in [0.717, 1.165) is 6.07 Å². The van der Waals surface area contributed by atoms with Crippen LogP contribution in [0.25, 0.3) is 0 Å². The Hall–Kier alpha value is -2.61. The first kappa shape index (κ1) is 19.7. The first-order chi connectivity index (χ1) is 12.4. The third kappa shape index (κ3) is 4.32. The maximum Gasteiger partial charge on any atom is 0.343 e. The molecule has 1 aliphatic heterocycles. The van der Waals surface area contributed by atoms with Gasteiger partial charge in [0.05, 0.1) is 28.9 Å². The molecule has 1 atom stereocenters. The van der Waals surface area contributed by atoms with Crippen LogP contribution in [0.3, 0.4) is 0 Å². The van der Waals surface area contributed by atoms with E-state index in [4.69, 9.17) is 21.1 Å². The molecular weight excluding hydrogens is 367 g/mol. The number of esters is 2. The Bertz CT molecular complexity index is 745. The fourth-order valence-corrected chi connectivity index (χ4v) is 2.72. The van der Waals surface area contributed by atoms with E-state index < -0.39 is 42.0 Å². The van der Waals surface area contributed by atoms with Crippen LogP contribution in [0.2, 0.25) is 5.02 Å². The summed E-state index contributed by atoms with van der Waals surface area (Å²) in [6.07, 6.45) is 0.429. The Morgan fingerprint density at radius 2 is 1.96 bits per heavy atom. The van der Waals surface area contributed by atoms with Gasteiger partial charge in [-0.2, -0.15) is 0 Å². The van der Waals surface area contributed by atoms with Gasteiger partial charge in [-0.15, -0.1) is 0 Å². The van der Waals surface area contributed by atoms with Crippen molar-refractivity contribution < 1.29 is 28.2 Å². The Balaban J connectivity index is 2.26. The molecule has 0 bridgehead atoms. The first-order valence-electron chi connectivity index (χ1n) is 7.97. The summed E-state index contributed by atoms with van der Waals surface area (Å²) in [6, 6.07) is 2.65. The second-order valence-electron chi connectivity index (χ2n) is 5.34. The molecule has 0 unspecified atom stereocenters. The average Bonchev–Trinajstić information content (AvgIpc) is 2.59. The lowest BCUT2D eigenvalue weighted by Crippen LogP contribution is -2.51. The summed E-state index contributed by atoms with van der Waals surface area (Å²) in [5.41, 5.74) is -0.180. The molecule has 0 aromatic heterocycles. The molecule has 2 N–H and O–H groups in total. The van der Waals surface area contributed by atoms with Gasteiger partial charge in [0.2, 0.25) is 0 Å². The molecule has 2 rings (SSSR count). The number of benzene rings is 1. The molecule has 0 spiro atoms. The van der Waals surface area contributed by atoms with Gasteiger partial charge in [-0.3, -0.25) is 0 Å². The number of urea groups is 1. The molecule has 1 heterocycles. The molecule has 0 saturated carbocycles. The zero-order valence-corrected chi connectivity index (χ0v) is 15.0. The Morgan fingerprint density at radius 3 is 2.58 bits per heavy atom. The number of hydrogen-bond acceptors (Lipinski definition) is 5. The maximum absolute atomic E-state index is 13.8. The summed E-state index contributed by atoms with van der Waals surface area (Å²) in [5.74, 6) is -2.48. The van der Waals surface area contributed by atoms with Crippen LogP contribution in [0.1, 0.15) is 30.6 Å². The lowest BCUT2D eigenvalue weighted by Gasteiger charge is -2.28. The maximum atomic E-state index is 13.8. The number of halogens is 2. The predicted molar refractivity (Wildman–Crippen MR) is 91.1 cm³/mol. The van der Waals surface area contributed by atoms with Crippen LogP contribution in [0.4, 0.5) is 9.18 Å². The number of ether oxygens (including phenoxy) is 2. The standard InChI is InChI=1S/C17H18ClFN2O5/c1-3-11-14(16(23)25-4-2)12(21-17(24)20-11)8-26-15(22)13-9(18)6-5-7-10(13)19/h5-7,11H,3-4,8H2,1-2H3,(H2,20,21,24)/t11-/m0/s1. The molecule has 1 aliphatic rings. The van der Waals surface area contributed by atoms with E-state index in [9.17, 15) is 18.8 Å². The highest BCUT2D eigenvalue weighted by atomic mass is 35.5. The molecule has 140 valence electrons. The molecule has 1 aromatic carbocycles. The molecule has 2 amide bonds. The predicted octanol–water partition coefficient (Wildman–Crippen LogP) is 2.54. The van der Waals surface area contributed by atoms with E-state index in [1.807, 2.05) is 0 Å². The highest BCUT2D eigenvalue weighted by Crippen LogP contribution is 2.21. The molecule has 7 nitrogen and oxygen atoms in total. The third-order valence-corrected chi connectivity index (χ3v) is 3.98. The van der Waals surface area contributed by atoms with Crippen molar-refractivity contribution in [2.45, 2.75) is 26.3 Å². The van der Waals surface area contributed by atoms with Gasteiger partial charge in [0, 0.05) is 0 Å². The number of hydrogen-bond donors (Lipinski definition) is 2. The van der Waals surface area contributed by atoms with Crippen LogP contribution in [0.5, 0.6) is 0 Å². The van der Waals surface area contributed by atoms with Crippen molar-refractivity contribution in [1.29, 1.82) is 0 Å². The Morgan fingerprint density at radius 1 is 1.23 bits per heavy atom. The van der Waals surface area contributed by atoms with Crippen molar-refractivity contribution in [2.75, 3.05) is 13.2 Å². The van der Waals surface area contributed by atoms with Crippen molar-refractivity contribution in [2.24, 2.45) is 0 Å². The van der Waals surface area contributed by atoms with Crippen LogP contribution in [0, 0.1) is 5.82 Å². The largest absolute Gasteiger partial charge is 0.463 e. The number of amides is 2. The van der Waals surface area contributed by atoms with Gasteiger partial charge in [0.1, 0.15) is 18.0 Å². The lowest BCUT2D eigenvalue weighted by atomic mass is 10.0. The van der Waals surface area contributed by atoms with Gasteiger partial charge in [-0.25, -0.2) is 18.8 Å². The van der Waals surface area contributed by atoms with Crippen molar-refractivity contribution >= 4 is 29.6 Å². The monoisotopic (exact) mass is 384 g/mol. The number of nitrogens with one attached hydrogen (secondary N) is 2. The summed E-state index contributed by atoms with van der Waals surface area (Å²) < 4.78 is 23.9. The van der Waals surface area contributed by atoms with E-state index in [2.05, 4.69) is 10.6 Å². The summed E-state index contributed by atoms with van der Waals surface area (Å²) in [4.78, 5) is 36.1. The minimum atomic E-state index is -1.01. The van der Waals surface area contributed by atoms with Gasteiger partial charge in [-0.05, 0) is 25.5 Å². The molecule has 0 aliphatic carbocycles. The molecular formula is C17H18ClFN2O5. The number of rotatable bonds is 6. The number of carbonyl (C=O) groups is 3. The SMILES string of the molecule is CCOC(=O)C1=C(COC(=O)c2c(F)cccc2Cl)NC(=O)N[C@H]1CC. The summed E-state index contributed by atoms with van der Waals surface area (Å²) in [7, 11) is 0. The zero-order valence-electron chi connectivity index (χ0n) is 14.2. The van der Waals surface area contributed by atoms with Crippen LogP contribution < -0.4 is 10.6 Å². The first-order valence-corrected chi connectivity index (χ1v) is 8.35. The minimum absolute atomic E-state index is 0.0832. The van der Waals surface area contributed by atoms with Gasteiger partial charge in [-0.1, -0.05) is 24.6 Å². The minimum Gasteiger partial charge on any atom is -0.463 e. The smallest absolute Gasteiger partial charge is 0.343 e. The lowest BCUT2D eigenvalue weighted by molar-refractivity contribution is -0.139. The molecule has 1 aromatic rings. The van der Waals surface area contributed by atoms with E-state index in [1.54, 1.807) is 13.8 Å². The molecule has 0 radical (unpaired) electrons. The van der Waals surface area contributed by atoms with E-state index in [1.165, 1.54) is 12.1 Å². The number of carbonyl (C=O) groups excluding carboxylic acids is 3. The highest BCUT2D eigenvalue weighted by molar-refractivity contribution is 6.33. The normalized spacial score (nSPS) is 16.6. The van der Waals surface area contributed by atoms with Gasteiger partial charge < -0.3 is 20.1 Å². The second-order valence-corrected chi connectivity index (χ2v) is 5.75. The zero-order chi connectivity index (χ0) is 19.3. The van der Waals surface area contributed by atoms with Crippen LogP contribution in [-0.2, 0) is 14.3 Å². The highest BCUT2D eigenvalue weighted by Gasteiger charge is 2.32. The van der Waals surface area contributed by atoms with Gasteiger partial charge >= 0.3 is 18.0 Å². The molecule has 26 heavy (non-hydrogen) atoms. The van der Waals surface area contributed by atoms with Crippen molar-refractivity contribution in [3.05, 3.63) is 45.9 Å².